The number of aromatic nitrogens is 2. The number of hydrogen-bond acceptors (Lipinski definition) is 2. The molecule has 21 heavy (non-hydrogen) atoms. The molecule has 0 fully saturated rings. The summed E-state index contributed by atoms with van der Waals surface area (Å²) >= 11 is 9.51. The molecule has 0 aliphatic rings. The zero-order chi connectivity index (χ0) is 15.0. The molecule has 3 nitrogen and oxygen atoms in total. The lowest BCUT2D eigenvalue weighted by molar-refractivity contribution is 1.07. The molecule has 1 N–H and O–H groups in total. The van der Waals surface area contributed by atoms with Gasteiger partial charge in [-0.2, -0.15) is 0 Å². The predicted molar refractivity (Wildman–Crippen MR) is 91.1 cm³/mol. The highest BCUT2D eigenvalue weighted by Crippen LogP contribution is 2.25. The van der Waals surface area contributed by atoms with Crippen LogP contribution < -0.4 is 5.32 Å². The first kappa shape index (κ1) is 14.4. The first-order valence-electron chi connectivity index (χ1n) is 6.67. The zero-order valence-corrected chi connectivity index (χ0v) is 14.2. The van der Waals surface area contributed by atoms with Crippen molar-refractivity contribution in [2.24, 2.45) is 0 Å². The Bertz CT molecular complexity index is 787. The van der Waals surface area contributed by atoms with Crippen molar-refractivity contribution in [3.8, 4) is 0 Å². The number of benzene rings is 1. The fourth-order valence-corrected chi connectivity index (χ4v) is 3.33. The Labute approximate surface area is 137 Å². The molecule has 3 aromatic rings. The lowest BCUT2D eigenvalue weighted by Crippen LogP contribution is -2.03. The van der Waals surface area contributed by atoms with Crippen LogP contribution in [0.2, 0.25) is 5.02 Å². The fourth-order valence-electron chi connectivity index (χ4n) is 2.47. The average molecular weight is 365 g/mol. The summed E-state index contributed by atoms with van der Waals surface area (Å²) in [6, 6.07) is 7.99. The number of nitrogens with zero attached hydrogens (tertiary/aromatic N) is 2. The van der Waals surface area contributed by atoms with Crippen molar-refractivity contribution in [3.63, 3.8) is 0 Å². The van der Waals surface area contributed by atoms with E-state index in [-0.39, 0.29) is 0 Å². The second kappa shape index (κ2) is 5.70. The molecule has 0 radical (unpaired) electrons. The molecule has 2 heterocycles. The number of nitrogens with one attached hydrogen (secondary N) is 1. The summed E-state index contributed by atoms with van der Waals surface area (Å²) in [4.78, 5) is 4.58. The van der Waals surface area contributed by atoms with Crippen molar-refractivity contribution in [1.29, 1.82) is 0 Å². The third kappa shape index (κ3) is 3.06. The van der Waals surface area contributed by atoms with E-state index >= 15 is 0 Å². The molecule has 0 atom stereocenters. The average Bonchev–Trinajstić information content (AvgIpc) is 2.79. The van der Waals surface area contributed by atoms with E-state index in [2.05, 4.69) is 52.2 Å². The van der Waals surface area contributed by atoms with E-state index in [1.165, 1.54) is 11.1 Å². The number of aryl methyl sites for hydroxylation is 2. The van der Waals surface area contributed by atoms with Crippen LogP contribution in [0.1, 0.15) is 16.8 Å². The number of pyridine rings is 1. The van der Waals surface area contributed by atoms with E-state index in [9.17, 15) is 0 Å². The van der Waals surface area contributed by atoms with Gasteiger partial charge in [0.15, 0.2) is 0 Å². The van der Waals surface area contributed by atoms with Gasteiger partial charge in [-0.05, 0) is 49.2 Å². The van der Waals surface area contributed by atoms with Gasteiger partial charge in [0.25, 0.3) is 0 Å². The molecule has 0 saturated carbocycles. The van der Waals surface area contributed by atoms with Crippen LogP contribution >= 0.6 is 27.5 Å². The van der Waals surface area contributed by atoms with Gasteiger partial charge < -0.3 is 9.72 Å². The highest BCUT2D eigenvalue weighted by atomic mass is 79.9. The van der Waals surface area contributed by atoms with Gasteiger partial charge in [0.2, 0.25) is 0 Å². The van der Waals surface area contributed by atoms with Crippen molar-refractivity contribution < 1.29 is 0 Å². The SMILES string of the molecule is Cc1cc(Br)cc(C)c1NCc1cn2cc(Cl)ccc2n1. The summed E-state index contributed by atoms with van der Waals surface area (Å²) in [6.07, 6.45) is 3.86. The predicted octanol–water partition coefficient (Wildman–Crippen LogP) is 4.98. The van der Waals surface area contributed by atoms with Crippen LogP contribution in [-0.4, -0.2) is 9.38 Å². The highest BCUT2D eigenvalue weighted by Gasteiger charge is 2.06. The molecular formula is C16H15BrClN3. The van der Waals surface area contributed by atoms with Gasteiger partial charge in [-0.3, -0.25) is 0 Å². The summed E-state index contributed by atoms with van der Waals surface area (Å²) in [6.45, 7) is 4.88. The number of rotatable bonds is 3. The normalized spacial score (nSPS) is 11.0. The van der Waals surface area contributed by atoms with Gasteiger partial charge in [-0.1, -0.05) is 27.5 Å². The maximum Gasteiger partial charge on any atom is 0.137 e. The van der Waals surface area contributed by atoms with E-state index in [0.29, 0.717) is 11.6 Å². The molecule has 0 saturated heterocycles. The van der Waals surface area contributed by atoms with Crippen LogP contribution in [0.15, 0.2) is 41.1 Å². The van der Waals surface area contributed by atoms with Crippen LogP contribution in [0.25, 0.3) is 5.65 Å². The molecule has 0 unspecified atom stereocenters. The summed E-state index contributed by atoms with van der Waals surface area (Å²) in [7, 11) is 0. The molecule has 2 aromatic heterocycles. The number of fused-ring (bicyclic) bond motifs is 1. The smallest absolute Gasteiger partial charge is 0.137 e. The van der Waals surface area contributed by atoms with E-state index < -0.39 is 0 Å². The fraction of sp³-hybridized carbons (Fsp3) is 0.188. The molecule has 5 heteroatoms. The molecule has 0 amide bonds. The molecule has 108 valence electrons. The minimum Gasteiger partial charge on any atom is -0.379 e. The van der Waals surface area contributed by atoms with E-state index in [0.717, 1.165) is 21.5 Å². The van der Waals surface area contributed by atoms with E-state index in [4.69, 9.17) is 11.6 Å². The molecule has 0 aliphatic carbocycles. The number of anilines is 1. The molecule has 0 spiro atoms. The molecule has 0 aliphatic heterocycles. The van der Waals surface area contributed by atoms with Crippen molar-refractivity contribution in [2.75, 3.05) is 5.32 Å². The largest absolute Gasteiger partial charge is 0.379 e. The number of hydrogen-bond donors (Lipinski definition) is 1. The topological polar surface area (TPSA) is 29.3 Å². The van der Waals surface area contributed by atoms with Gasteiger partial charge >= 0.3 is 0 Å². The van der Waals surface area contributed by atoms with Gasteiger partial charge in [0, 0.05) is 22.6 Å². The first-order valence-corrected chi connectivity index (χ1v) is 7.84. The molecule has 1 aromatic carbocycles. The molecular weight excluding hydrogens is 350 g/mol. The van der Waals surface area contributed by atoms with Gasteiger partial charge in [-0.25, -0.2) is 4.98 Å². The lowest BCUT2D eigenvalue weighted by atomic mass is 10.1. The second-order valence-electron chi connectivity index (χ2n) is 5.11. The van der Waals surface area contributed by atoms with Gasteiger partial charge in [-0.15, -0.1) is 0 Å². The minimum absolute atomic E-state index is 0.683. The van der Waals surface area contributed by atoms with Crippen LogP contribution in [0.5, 0.6) is 0 Å². The third-order valence-electron chi connectivity index (χ3n) is 3.41. The third-order valence-corrected chi connectivity index (χ3v) is 4.09. The number of imidazole rings is 1. The highest BCUT2D eigenvalue weighted by molar-refractivity contribution is 9.10. The maximum atomic E-state index is 5.99. The standard InChI is InChI=1S/C16H15BrClN3/c1-10-5-12(17)6-11(2)16(10)19-7-14-9-21-8-13(18)3-4-15(21)20-14/h3-6,8-9,19H,7H2,1-2H3. The van der Waals surface area contributed by atoms with Crippen molar-refractivity contribution >= 4 is 38.9 Å². The Kier molecular flexibility index (Phi) is 3.91. The molecule has 0 bridgehead atoms. The Morgan fingerprint density at radius 3 is 2.62 bits per heavy atom. The van der Waals surface area contributed by atoms with Crippen LogP contribution in [0.4, 0.5) is 5.69 Å². The molecule has 3 rings (SSSR count). The van der Waals surface area contributed by atoms with Gasteiger partial charge in [0.05, 0.1) is 17.3 Å². The zero-order valence-electron chi connectivity index (χ0n) is 11.8. The van der Waals surface area contributed by atoms with E-state index in [1.807, 2.05) is 28.9 Å². The summed E-state index contributed by atoms with van der Waals surface area (Å²) in [5.74, 6) is 0. The van der Waals surface area contributed by atoms with Crippen molar-refractivity contribution in [3.05, 3.63) is 63.0 Å². The maximum absolute atomic E-state index is 5.99. The Morgan fingerprint density at radius 2 is 1.90 bits per heavy atom. The van der Waals surface area contributed by atoms with Crippen LogP contribution in [-0.2, 0) is 6.54 Å². The number of halogens is 2. The summed E-state index contributed by atoms with van der Waals surface area (Å²) < 4.78 is 3.05. The summed E-state index contributed by atoms with van der Waals surface area (Å²) in [5, 5.41) is 4.18. The Morgan fingerprint density at radius 1 is 1.19 bits per heavy atom. The quantitative estimate of drug-likeness (QED) is 0.710. The van der Waals surface area contributed by atoms with E-state index in [1.54, 1.807) is 0 Å². The Hall–Kier alpha value is -1.52. The monoisotopic (exact) mass is 363 g/mol. The summed E-state index contributed by atoms with van der Waals surface area (Å²) in [5.41, 5.74) is 5.48. The van der Waals surface area contributed by atoms with Gasteiger partial charge in [0.1, 0.15) is 5.65 Å². The van der Waals surface area contributed by atoms with Crippen LogP contribution in [0.3, 0.4) is 0 Å². The van der Waals surface area contributed by atoms with Crippen LogP contribution in [0, 0.1) is 13.8 Å². The second-order valence-corrected chi connectivity index (χ2v) is 6.47. The minimum atomic E-state index is 0.683. The van der Waals surface area contributed by atoms with Crippen molar-refractivity contribution in [2.45, 2.75) is 20.4 Å². The lowest BCUT2D eigenvalue weighted by Gasteiger charge is -2.12. The Balaban J connectivity index is 1.83. The first-order chi connectivity index (χ1) is 10.0. The van der Waals surface area contributed by atoms with Crippen molar-refractivity contribution in [1.82, 2.24) is 9.38 Å².